The van der Waals surface area contributed by atoms with Crippen molar-refractivity contribution in [3.05, 3.63) is 11.5 Å². The summed E-state index contributed by atoms with van der Waals surface area (Å²) in [4.78, 5) is 0. The fourth-order valence-corrected chi connectivity index (χ4v) is 2.74. The van der Waals surface area contributed by atoms with Gasteiger partial charge in [-0.05, 0) is 30.1 Å². The third-order valence-electron chi connectivity index (χ3n) is 2.20. The second-order valence-electron chi connectivity index (χ2n) is 3.70. The maximum atomic E-state index is 2.39. The van der Waals surface area contributed by atoms with Crippen LogP contribution in [0.15, 0.2) is 11.5 Å². The average Bonchev–Trinajstić information content (AvgIpc) is 2.34. The third kappa shape index (κ3) is 2.55. The van der Waals surface area contributed by atoms with Crippen LogP contribution in [0.5, 0.6) is 0 Å². The molecular formula is C10H18S. The minimum Gasteiger partial charge on any atom is -0.130 e. The number of thioether (sulfide) groups is 1. The number of hydrogen-bond donors (Lipinski definition) is 0. The lowest BCUT2D eigenvalue weighted by Crippen LogP contribution is -2.12. The summed E-state index contributed by atoms with van der Waals surface area (Å²) in [6, 6.07) is 0. The summed E-state index contributed by atoms with van der Waals surface area (Å²) in [7, 11) is 0. The van der Waals surface area contributed by atoms with Crippen molar-refractivity contribution in [1.82, 2.24) is 0 Å². The minimum atomic E-state index is 0.845. The van der Waals surface area contributed by atoms with Crippen LogP contribution < -0.4 is 0 Å². The molecule has 0 amide bonds. The first-order valence-electron chi connectivity index (χ1n) is 4.56. The van der Waals surface area contributed by atoms with Gasteiger partial charge < -0.3 is 0 Å². The Morgan fingerprint density at radius 2 is 2.18 bits per heavy atom. The van der Waals surface area contributed by atoms with Gasteiger partial charge in [0.2, 0.25) is 0 Å². The molecule has 0 radical (unpaired) electrons. The van der Waals surface area contributed by atoms with Gasteiger partial charge >= 0.3 is 0 Å². The number of rotatable bonds is 3. The molecule has 11 heavy (non-hydrogen) atoms. The Hall–Kier alpha value is 0.0900. The number of hydrogen-bond acceptors (Lipinski definition) is 1. The zero-order valence-corrected chi connectivity index (χ0v) is 8.53. The highest BCUT2D eigenvalue weighted by molar-refractivity contribution is 8.03. The van der Waals surface area contributed by atoms with Gasteiger partial charge in [0.1, 0.15) is 0 Å². The summed E-state index contributed by atoms with van der Waals surface area (Å²) in [5, 5.41) is 3.15. The Kier molecular flexibility index (Phi) is 3.50. The van der Waals surface area contributed by atoms with Gasteiger partial charge in [0.25, 0.3) is 0 Å². The molecule has 1 aliphatic rings. The third-order valence-corrected chi connectivity index (χ3v) is 3.55. The van der Waals surface area contributed by atoms with E-state index in [9.17, 15) is 0 Å². The van der Waals surface area contributed by atoms with E-state index < -0.39 is 0 Å². The van der Waals surface area contributed by atoms with Crippen molar-refractivity contribution in [3.63, 3.8) is 0 Å². The molecule has 2 atom stereocenters. The fourth-order valence-electron chi connectivity index (χ4n) is 1.65. The van der Waals surface area contributed by atoms with Crippen LogP contribution in [0, 0.1) is 11.8 Å². The van der Waals surface area contributed by atoms with Crippen molar-refractivity contribution in [3.8, 4) is 0 Å². The van der Waals surface area contributed by atoms with E-state index in [1.54, 1.807) is 0 Å². The summed E-state index contributed by atoms with van der Waals surface area (Å²) < 4.78 is 0. The Morgan fingerprint density at radius 3 is 2.73 bits per heavy atom. The van der Waals surface area contributed by atoms with Gasteiger partial charge in [-0.15, -0.1) is 11.8 Å². The first-order valence-corrected chi connectivity index (χ1v) is 5.50. The summed E-state index contributed by atoms with van der Waals surface area (Å²) in [6.45, 7) is 6.91. The second-order valence-corrected chi connectivity index (χ2v) is 4.85. The van der Waals surface area contributed by atoms with E-state index in [-0.39, 0.29) is 0 Å². The van der Waals surface area contributed by atoms with Crippen LogP contribution in [0.1, 0.15) is 33.6 Å². The fraction of sp³-hybridized carbons (Fsp3) is 0.800. The smallest absolute Gasteiger partial charge is 0.0149 e. The molecule has 0 bridgehead atoms. The van der Waals surface area contributed by atoms with Crippen molar-refractivity contribution in [1.29, 1.82) is 0 Å². The SMILES string of the molecule is CCC1SC=C[C@H]1CC(C)C. The van der Waals surface area contributed by atoms with E-state index in [1.165, 1.54) is 12.8 Å². The molecule has 0 aromatic carbocycles. The standard InChI is InChI=1S/C10H18S/c1-4-10-9(5-6-11-10)7-8(2)3/h5-6,8-10H,4,7H2,1-3H3/t9-,10?/m0/s1. The predicted molar refractivity (Wildman–Crippen MR) is 53.8 cm³/mol. The molecular weight excluding hydrogens is 152 g/mol. The van der Waals surface area contributed by atoms with E-state index in [1.807, 2.05) is 11.8 Å². The molecule has 0 spiro atoms. The highest BCUT2D eigenvalue weighted by Gasteiger charge is 2.21. The molecule has 0 aliphatic carbocycles. The predicted octanol–water partition coefficient (Wildman–Crippen LogP) is 3.69. The lowest BCUT2D eigenvalue weighted by Gasteiger charge is -2.18. The van der Waals surface area contributed by atoms with Crippen LogP contribution in [0.25, 0.3) is 0 Å². The average molecular weight is 170 g/mol. The lowest BCUT2D eigenvalue weighted by molar-refractivity contribution is 0.462. The molecule has 64 valence electrons. The lowest BCUT2D eigenvalue weighted by atomic mass is 9.93. The molecule has 1 aliphatic heterocycles. The van der Waals surface area contributed by atoms with Crippen molar-refractivity contribution in [2.45, 2.75) is 38.9 Å². The van der Waals surface area contributed by atoms with Crippen LogP contribution in [-0.4, -0.2) is 5.25 Å². The molecule has 0 aromatic heterocycles. The molecule has 0 aromatic rings. The monoisotopic (exact) mass is 170 g/mol. The summed E-state index contributed by atoms with van der Waals surface area (Å²) in [5.41, 5.74) is 0. The van der Waals surface area contributed by atoms with Crippen LogP contribution in [0.4, 0.5) is 0 Å². The maximum Gasteiger partial charge on any atom is 0.0149 e. The van der Waals surface area contributed by atoms with Crippen molar-refractivity contribution < 1.29 is 0 Å². The molecule has 0 saturated heterocycles. The van der Waals surface area contributed by atoms with Crippen LogP contribution in [0.2, 0.25) is 0 Å². The highest BCUT2D eigenvalue weighted by atomic mass is 32.2. The molecule has 0 saturated carbocycles. The Bertz CT molecular complexity index is 138. The first-order chi connectivity index (χ1) is 5.24. The molecule has 0 nitrogen and oxygen atoms in total. The molecule has 0 N–H and O–H groups in total. The van der Waals surface area contributed by atoms with Crippen LogP contribution >= 0.6 is 11.8 Å². The van der Waals surface area contributed by atoms with Gasteiger partial charge in [-0.25, -0.2) is 0 Å². The highest BCUT2D eigenvalue weighted by Crippen LogP contribution is 2.35. The molecule has 1 unspecified atom stereocenters. The zero-order chi connectivity index (χ0) is 8.27. The van der Waals surface area contributed by atoms with Crippen molar-refractivity contribution >= 4 is 11.8 Å². The maximum absolute atomic E-state index is 2.39. The number of allylic oxidation sites excluding steroid dienone is 1. The Balaban J connectivity index is 2.37. The summed E-state index contributed by atoms with van der Waals surface area (Å²) in [6.07, 6.45) is 5.07. The quantitative estimate of drug-likeness (QED) is 0.622. The van der Waals surface area contributed by atoms with Gasteiger partial charge in [-0.3, -0.25) is 0 Å². The Labute approximate surface area is 74.5 Å². The van der Waals surface area contributed by atoms with Crippen LogP contribution in [-0.2, 0) is 0 Å². The molecule has 1 rings (SSSR count). The van der Waals surface area contributed by atoms with E-state index in [0.717, 1.165) is 17.1 Å². The molecule has 1 heteroatoms. The van der Waals surface area contributed by atoms with Crippen LogP contribution in [0.3, 0.4) is 0 Å². The molecule has 0 fully saturated rings. The summed E-state index contributed by atoms with van der Waals surface area (Å²) >= 11 is 2.01. The van der Waals surface area contributed by atoms with E-state index in [4.69, 9.17) is 0 Å². The topological polar surface area (TPSA) is 0 Å². The summed E-state index contributed by atoms with van der Waals surface area (Å²) in [5.74, 6) is 1.70. The van der Waals surface area contributed by atoms with Gasteiger partial charge in [-0.1, -0.05) is 26.8 Å². The van der Waals surface area contributed by atoms with Gasteiger partial charge in [0.05, 0.1) is 0 Å². The van der Waals surface area contributed by atoms with E-state index in [0.29, 0.717) is 0 Å². The van der Waals surface area contributed by atoms with Gasteiger partial charge in [0.15, 0.2) is 0 Å². The van der Waals surface area contributed by atoms with E-state index in [2.05, 4.69) is 32.3 Å². The van der Waals surface area contributed by atoms with Gasteiger partial charge in [0, 0.05) is 5.25 Å². The molecule has 1 heterocycles. The zero-order valence-electron chi connectivity index (χ0n) is 7.71. The Morgan fingerprint density at radius 1 is 1.45 bits per heavy atom. The van der Waals surface area contributed by atoms with E-state index >= 15 is 0 Å². The van der Waals surface area contributed by atoms with Crippen molar-refractivity contribution in [2.75, 3.05) is 0 Å². The van der Waals surface area contributed by atoms with Gasteiger partial charge in [-0.2, -0.15) is 0 Å². The first kappa shape index (κ1) is 9.18. The minimum absolute atomic E-state index is 0.845. The van der Waals surface area contributed by atoms with Crippen molar-refractivity contribution in [2.24, 2.45) is 11.8 Å². The largest absolute Gasteiger partial charge is 0.130 e. The second kappa shape index (κ2) is 4.20. The normalized spacial score (nSPS) is 30.2.